The summed E-state index contributed by atoms with van der Waals surface area (Å²) in [5.41, 5.74) is 0. The molecule has 3 nitrogen and oxygen atoms in total. The Bertz CT molecular complexity index is 361. The molecule has 0 amide bonds. The average Bonchev–Trinajstić information content (AvgIpc) is 2.83. The van der Waals surface area contributed by atoms with Crippen molar-refractivity contribution in [1.29, 1.82) is 0 Å². The molecule has 1 aromatic heterocycles. The monoisotopic (exact) mass is 264 g/mol. The lowest BCUT2D eigenvalue weighted by atomic mass is 9.98. The van der Waals surface area contributed by atoms with E-state index in [1.54, 1.807) is 6.26 Å². The summed E-state index contributed by atoms with van der Waals surface area (Å²) in [5.74, 6) is 1.85. The van der Waals surface area contributed by atoms with Crippen molar-refractivity contribution >= 4 is 0 Å². The fraction of sp³-hybridized carbons (Fsp3) is 0.750. The fourth-order valence-electron chi connectivity index (χ4n) is 3.13. The van der Waals surface area contributed by atoms with E-state index in [1.807, 2.05) is 6.07 Å². The molecule has 0 aliphatic carbocycles. The number of rotatable bonds is 5. The van der Waals surface area contributed by atoms with E-state index < -0.39 is 0 Å². The van der Waals surface area contributed by atoms with Gasteiger partial charge in [-0.25, -0.2) is 0 Å². The second-order valence-electron chi connectivity index (χ2n) is 6.41. The molecule has 108 valence electrons. The van der Waals surface area contributed by atoms with Crippen LogP contribution >= 0.6 is 0 Å². The highest BCUT2D eigenvalue weighted by Gasteiger charge is 2.28. The Hall–Kier alpha value is -0.800. The predicted octanol–water partition coefficient (Wildman–Crippen LogP) is 2.92. The highest BCUT2D eigenvalue weighted by Crippen LogP contribution is 2.18. The lowest BCUT2D eigenvalue weighted by molar-refractivity contribution is 0.0898. The number of piperazine rings is 1. The molecule has 3 heteroatoms. The average molecular weight is 264 g/mol. The third-order valence-electron chi connectivity index (χ3n) is 4.10. The largest absolute Gasteiger partial charge is 0.469 e. The number of nitrogens with zero attached hydrogens (tertiary/aromatic N) is 1. The van der Waals surface area contributed by atoms with E-state index in [0.29, 0.717) is 18.1 Å². The number of hydrogen-bond acceptors (Lipinski definition) is 3. The summed E-state index contributed by atoms with van der Waals surface area (Å²) in [6.07, 6.45) is 4.03. The topological polar surface area (TPSA) is 28.4 Å². The van der Waals surface area contributed by atoms with Gasteiger partial charge in [0.1, 0.15) is 5.76 Å². The molecule has 1 N–H and O–H groups in total. The first-order valence-electron chi connectivity index (χ1n) is 7.57. The van der Waals surface area contributed by atoms with E-state index in [0.717, 1.165) is 31.2 Å². The highest BCUT2D eigenvalue weighted by molar-refractivity contribution is 5.01. The van der Waals surface area contributed by atoms with Crippen molar-refractivity contribution in [2.45, 2.75) is 58.7 Å². The zero-order chi connectivity index (χ0) is 13.8. The third-order valence-corrected chi connectivity index (χ3v) is 4.10. The van der Waals surface area contributed by atoms with Gasteiger partial charge in [-0.1, -0.05) is 13.8 Å². The molecule has 1 fully saturated rings. The fourth-order valence-corrected chi connectivity index (χ4v) is 3.13. The summed E-state index contributed by atoms with van der Waals surface area (Å²) in [6, 6.07) is 5.83. The van der Waals surface area contributed by atoms with Gasteiger partial charge in [0.05, 0.1) is 6.26 Å². The number of hydrogen-bond donors (Lipinski definition) is 1. The molecular weight excluding hydrogens is 236 g/mol. The van der Waals surface area contributed by atoms with Crippen LogP contribution in [-0.2, 0) is 6.42 Å². The minimum absolute atomic E-state index is 0.540. The van der Waals surface area contributed by atoms with E-state index in [1.165, 1.54) is 6.42 Å². The standard InChI is InChI=1S/C16H28N2O/c1-12(2)8-15-11-18(14(4)10-17-15)13(3)9-16-6-5-7-19-16/h5-7,12-15,17H,8-11H2,1-4H3. The Morgan fingerprint density at radius 2 is 2.21 bits per heavy atom. The van der Waals surface area contributed by atoms with Crippen LogP contribution in [0.4, 0.5) is 0 Å². The Morgan fingerprint density at radius 1 is 1.42 bits per heavy atom. The van der Waals surface area contributed by atoms with Crippen LogP contribution in [0.25, 0.3) is 0 Å². The number of furan rings is 1. The van der Waals surface area contributed by atoms with Gasteiger partial charge in [0.2, 0.25) is 0 Å². The summed E-state index contributed by atoms with van der Waals surface area (Å²) in [7, 11) is 0. The highest BCUT2D eigenvalue weighted by atomic mass is 16.3. The van der Waals surface area contributed by atoms with Crippen LogP contribution in [0.1, 0.15) is 39.9 Å². The molecular formula is C16H28N2O. The molecule has 2 rings (SSSR count). The minimum Gasteiger partial charge on any atom is -0.469 e. The molecule has 0 bridgehead atoms. The van der Waals surface area contributed by atoms with E-state index in [2.05, 4.69) is 44.0 Å². The molecule has 2 heterocycles. The van der Waals surface area contributed by atoms with Gasteiger partial charge in [0.15, 0.2) is 0 Å². The molecule has 1 saturated heterocycles. The Morgan fingerprint density at radius 3 is 2.84 bits per heavy atom. The lowest BCUT2D eigenvalue weighted by Crippen LogP contribution is -2.58. The molecule has 1 aliphatic rings. The van der Waals surface area contributed by atoms with E-state index in [4.69, 9.17) is 4.42 Å². The van der Waals surface area contributed by atoms with Crippen molar-refractivity contribution in [3.8, 4) is 0 Å². The lowest BCUT2D eigenvalue weighted by Gasteiger charge is -2.42. The Labute approximate surface area is 117 Å². The minimum atomic E-state index is 0.540. The van der Waals surface area contributed by atoms with Crippen molar-refractivity contribution in [2.75, 3.05) is 13.1 Å². The quantitative estimate of drug-likeness (QED) is 0.886. The zero-order valence-electron chi connectivity index (χ0n) is 12.7. The maximum Gasteiger partial charge on any atom is 0.105 e. The van der Waals surface area contributed by atoms with Crippen LogP contribution in [0.3, 0.4) is 0 Å². The molecule has 1 aliphatic heterocycles. The van der Waals surface area contributed by atoms with Crippen LogP contribution < -0.4 is 5.32 Å². The van der Waals surface area contributed by atoms with Gasteiger partial charge >= 0.3 is 0 Å². The first kappa shape index (κ1) is 14.6. The molecule has 0 saturated carbocycles. The summed E-state index contributed by atoms with van der Waals surface area (Å²) in [6.45, 7) is 11.5. The van der Waals surface area contributed by atoms with Crippen molar-refractivity contribution in [3.05, 3.63) is 24.2 Å². The van der Waals surface area contributed by atoms with Gasteiger partial charge in [-0.15, -0.1) is 0 Å². The van der Waals surface area contributed by atoms with Crippen LogP contribution in [0.15, 0.2) is 22.8 Å². The second kappa shape index (κ2) is 6.58. The van der Waals surface area contributed by atoms with Gasteiger partial charge in [0.25, 0.3) is 0 Å². The normalized spacial score (nSPS) is 26.8. The maximum absolute atomic E-state index is 5.48. The van der Waals surface area contributed by atoms with Crippen LogP contribution in [0.2, 0.25) is 0 Å². The van der Waals surface area contributed by atoms with Gasteiger partial charge in [-0.3, -0.25) is 4.90 Å². The third kappa shape index (κ3) is 4.08. The second-order valence-corrected chi connectivity index (χ2v) is 6.41. The van der Waals surface area contributed by atoms with Gasteiger partial charge in [-0.05, 0) is 38.3 Å². The van der Waals surface area contributed by atoms with Crippen LogP contribution in [0.5, 0.6) is 0 Å². The van der Waals surface area contributed by atoms with E-state index in [9.17, 15) is 0 Å². The van der Waals surface area contributed by atoms with Crippen LogP contribution in [0, 0.1) is 5.92 Å². The van der Waals surface area contributed by atoms with Crippen LogP contribution in [-0.4, -0.2) is 36.1 Å². The Balaban J connectivity index is 1.92. The summed E-state index contributed by atoms with van der Waals surface area (Å²) < 4.78 is 5.48. The summed E-state index contributed by atoms with van der Waals surface area (Å²) >= 11 is 0. The Kier molecular flexibility index (Phi) is 5.06. The van der Waals surface area contributed by atoms with Crippen molar-refractivity contribution in [1.82, 2.24) is 10.2 Å². The van der Waals surface area contributed by atoms with Gasteiger partial charge < -0.3 is 9.73 Å². The van der Waals surface area contributed by atoms with E-state index in [-0.39, 0.29) is 0 Å². The van der Waals surface area contributed by atoms with Gasteiger partial charge in [0, 0.05) is 37.6 Å². The summed E-state index contributed by atoms with van der Waals surface area (Å²) in [5, 5.41) is 3.68. The zero-order valence-corrected chi connectivity index (χ0v) is 12.7. The smallest absolute Gasteiger partial charge is 0.105 e. The molecule has 0 spiro atoms. The SMILES string of the molecule is CC(C)CC1CN(C(C)Cc2ccco2)C(C)CN1. The molecule has 1 aromatic rings. The molecule has 3 unspecified atom stereocenters. The van der Waals surface area contributed by atoms with Gasteiger partial charge in [-0.2, -0.15) is 0 Å². The number of nitrogens with one attached hydrogen (secondary N) is 1. The van der Waals surface area contributed by atoms with E-state index >= 15 is 0 Å². The molecule has 0 radical (unpaired) electrons. The first-order valence-corrected chi connectivity index (χ1v) is 7.57. The predicted molar refractivity (Wildman–Crippen MR) is 79.3 cm³/mol. The van der Waals surface area contributed by atoms with Crippen molar-refractivity contribution in [2.24, 2.45) is 5.92 Å². The summed E-state index contributed by atoms with van der Waals surface area (Å²) in [4.78, 5) is 2.63. The van der Waals surface area contributed by atoms with Crippen molar-refractivity contribution in [3.63, 3.8) is 0 Å². The molecule has 0 aromatic carbocycles. The maximum atomic E-state index is 5.48. The van der Waals surface area contributed by atoms with Crippen molar-refractivity contribution < 1.29 is 4.42 Å². The molecule has 19 heavy (non-hydrogen) atoms. The molecule has 3 atom stereocenters. The first-order chi connectivity index (χ1) is 9.06.